The van der Waals surface area contributed by atoms with E-state index >= 15 is 0 Å². The van der Waals surface area contributed by atoms with E-state index in [1.807, 2.05) is 55.5 Å². The minimum absolute atomic E-state index is 0.0736. The summed E-state index contributed by atoms with van der Waals surface area (Å²) in [5, 5.41) is 10.7. The van der Waals surface area contributed by atoms with Gasteiger partial charge in [-0.25, -0.2) is 0 Å². The predicted molar refractivity (Wildman–Crippen MR) is 88.5 cm³/mol. The van der Waals surface area contributed by atoms with E-state index in [1.165, 1.54) is 0 Å². The van der Waals surface area contributed by atoms with Crippen LogP contribution >= 0.6 is 0 Å². The summed E-state index contributed by atoms with van der Waals surface area (Å²) in [4.78, 5) is 12.6. The third kappa shape index (κ3) is 3.84. The molecule has 112 valence electrons. The summed E-state index contributed by atoms with van der Waals surface area (Å²) >= 11 is 0. The van der Waals surface area contributed by atoms with Gasteiger partial charge in [0.25, 0.3) is 0 Å². The molecule has 2 rings (SSSR count). The van der Waals surface area contributed by atoms with Gasteiger partial charge in [0.05, 0.1) is 5.92 Å². The van der Waals surface area contributed by atoms with Crippen molar-refractivity contribution in [1.29, 1.82) is 0 Å². The third-order valence-electron chi connectivity index (χ3n) is 3.70. The molecule has 2 aromatic rings. The minimum Gasteiger partial charge on any atom is -0.377 e. The van der Waals surface area contributed by atoms with Gasteiger partial charge in [-0.3, -0.25) is 4.79 Å². The lowest BCUT2D eigenvalue weighted by molar-refractivity contribution is 0.0440. The lowest BCUT2D eigenvalue weighted by Gasteiger charge is -2.26. The molecule has 0 saturated heterocycles. The Morgan fingerprint density at radius 1 is 1.09 bits per heavy atom. The first kappa shape index (κ1) is 16.0. The van der Waals surface area contributed by atoms with E-state index in [9.17, 15) is 9.90 Å². The van der Waals surface area contributed by atoms with Crippen molar-refractivity contribution in [2.45, 2.75) is 25.9 Å². The summed E-state index contributed by atoms with van der Waals surface area (Å²) < 4.78 is 0. The molecule has 0 aliphatic carbocycles. The van der Waals surface area contributed by atoms with Crippen molar-refractivity contribution < 1.29 is 9.90 Å². The first-order valence-electron chi connectivity index (χ1n) is 7.44. The molecule has 1 N–H and O–H groups in total. The van der Waals surface area contributed by atoms with Gasteiger partial charge in [-0.2, -0.15) is 0 Å². The smallest absolute Gasteiger partial charge is 0.169 e. The maximum absolute atomic E-state index is 12.6. The van der Waals surface area contributed by atoms with Gasteiger partial charge in [0.2, 0.25) is 0 Å². The largest absolute Gasteiger partial charge is 0.377 e. The third-order valence-corrected chi connectivity index (χ3v) is 3.70. The van der Waals surface area contributed by atoms with Crippen LogP contribution in [-0.2, 0) is 0 Å². The highest BCUT2D eigenvalue weighted by atomic mass is 16.3. The van der Waals surface area contributed by atoms with Gasteiger partial charge in [0.15, 0.2) is 5.78 Å². The molecule has 0 heterocycles. The van der Waals surface area contributed by atoms with Crippen LogP contribution in [0.3, 0.4) is 0 Å². The van der Waals surface area contributed by atoms with Gasteiger partial charge in [0, 0.05) is 11.1 Å². The highest BCUT2D eigenvalue weighted by Crippen LogP contribution is 2.24. The molecule has 22 heavy (non-hydrogen) atoms. The Labute approximate surface area is 131 Å². The van der Waals surface area contributed by atoms with Gasteiger partial charge >= 0.3 is 0 Å². The zero-order valence-corrected chi connectivity index (χ0v) is 12.9. The molecule has 2 aromatic carbocycles. The number of aliphatic hydroxyl groups is 1. The molecule has 0 bridgehead atoms. The van der Waals surface area contributed by atoms with Gasteiger partial charge < -0.3 is 5.11 Å². The summed E-state index contributed by atoms with van der Waals surface area (Å²) in [5.74, 6) is 5.19. The standard InChI is InChI=1S/C20H20O2/c1-3-18(19(21)17-12-8-5-9-13-17)20(2,22)15-14-16-10-6-4-7-11-16/h4-13,18,22H,3H2,1-2H3. The molecule has 0 fully saturated rings. The molecular formula is C20H20O2. The molecule has 0 amide bonds. The molecule has 0 aromatic heterocycles. The van der Waals surface area contributed by atoms with Crippen LogP contribution in [0.25, 0.3) is 0 Å². The average molecular weight is 292 g/mol. The zero-order valence-electron chi connectivity index (χ0n) is 12.9. The molecule has 0 aliphatic rings. The van der Waals surface area contributed by atoms with Crippen LogP contribution in [0.1, 0.15) is 36.2 Å². The van der Waals surface area contributed by atoms with Crippen LogP contribution in [0.2, 0.25) is 0 Å². The summed E-state index contributed by atoms with van der Waals surface area (Å²) in [5.41, 5.74) is 0.0678. The normalized spacial score (nSPS) is 14.3. The topological polar surface area (TPSA) is 37.3 Å². The highest BCUT2D eigenvalue weighted by Gasteiger charge is 2.34. The minimum atomic E-state index is -1.36. The Morgan fingerprint density at radius 2 is 1.64 bits per heavy atom. The van der Waals surface area contributed by atoms with Gasteiger partial charge in [-0.15, -0.1) is 0 Å². The number of hydrogen-bond acceptors (Lipinski definition) is 2. The maximum Gasteiger partial charge on any atom is 0.169 e. The number of carbonyl (C=O) groups is 1. The molecule has 0 saturated carbocycles. The summed E-state index contributed by atoms with van der Waals surface area (Å²) in [7, 11) is 0. The summed E-state index contributed by atoms with van der Waals surface area (Å²) in [6.45, 7) is 3.50. The van der Waals surface area contributed by atoms with Gasteiger partial charge in [0.1, 0.15) is 5.60 Å². The molecular weight excluding hydrogens is 272 g/mol. The number of benzene rings is 2. The first-order valence-corrected chi connectivity index (χ1v) is 7.44. The Morgan fingerprint density at radius 3 is 2.18 bits per heavy atom. The number of hydrogen-bond donors (Lipinski definition) is 1. The second-order valence-electron chi connectivity index (χ2n) is 5.45. The SMILES string of the molecule is CCC(C(=O)c1ccccc1)C(C)(O)C#Cc1ccccc1. The first-order chi connectivity index (χ1) is 10.5. The van der Waals surface area contributed by atoms with Crippen molar-refractivity contribution in [3.8, 4) is 11.8 Å². The maximum atomic E-state index is 12.6. The lowest BCUT2D eigenvalue weighted by Crippen LogP contribution is -2.38. The van der Waals surface area contributed by atoms with E-state index in [1.54, 1.807) is 19.1 Å². The van der Waals surface area contributed by atoms with Crippen LogP contribution < -0.4 is 0 Å². The second-order valence-corrected chi connectivity index (χ2v) is 5.45. The molecule has 0 spiro atoms. The number of rotatable bonds is 4. The van der Waals surface area contributed by atoms with E-state index < -0.39 is 11.5 Å². The summed E-state index contributed by atoms with van der Waals surface area (Å²) in [6, 6.07) is 18.5. The van der Waals surface area contributed by atoms with Crippen molar-refractivity contribution >= 4 is 5.78 Å². The Kier molecular flexibility index (Phi) is 5.14. The van der Waals surface area contributed by atoms with Crippen molar-refractivity contribution in [1.82, 2.24) is 0 Å². The molecule has 2 nitrogen and oxygen atoms in total. The predicted octanol–water partition coefficient (Wildman–Crippen LogP) is 3.70. The molecule has 0 aliphatic heterocycles. The van der Waals surface area contributed by atoms with Crippen LogP contribution in [0, 0.1) is 17.8 Å². The van der Waals surface area contributed by atoms with Crippen LogP contribution in [-0.4, -0.2) is 16.5 Å². The van der Waals surface area contributed by atoms with Gasteiger partial charge in [-0.1, -0.05) is 67.3 Å². The van der Waals surface area contributed by atoms with E-state index in [0.717, 1.165) is 5.56 Å². The Hall–Kier alpha value is -2.37. The fraction of sp³-hybridized carbons (Fsp3) is 0.250. The van der Waals surface area contributed by atoms with E-state index in [2.05, 4.69) is 11.8 Å². The Balaban J connectivity index is 2.26. The van der Waals surface area contributed by atoms with Gasteiger partial charge in [-0.05, 0) is 25.5 Å². The van der Waals surface area contributed by atoms with Crippen molar-refractivity contribution in [2.75, 3.05) is 0 Å². The number of Topliss-reactive ketones (excluding diaryl/α,β-unsaturated/α-hetero) is 1. The number of ketones is 1. The average Bonchev–Trinajstić information content (AvgIpc) is 2.55. The fourth-order valence-corrected chi connectivity index (χ4v) is 2.45. The fourth-order valence-electron chi connectivity index (χ4n) is 2.45. The van der Waals surface area contributed by atoms with E-state index in [-0.39, 0.29) is 5.78 Å². The monoisotopic (exact) mass is 292 g/mol. The van der Waals surface area contributed by atoms with E-state index in [4.69, 9.17) is 0 Å². The Bertz CT molecular complexity index is 676. The van der Waals surface area contributed by atoms with Crippen LogP contribution in [0.4, 0.5) is 0 Å². The highest BCUT2D eigenvalue weighted by molar-refractivity contribution is 5.98. The van der Waals surface area contributed by atoms with Crippen molar-refractivity contribution in [3.63, 3.8) is 0 Å². The molecule has 2 atom stereocenters. The summed E-state index contributed by atoms with van der Waals surface area (Å²) in [6.07, 6.45) is 0.532. The molecule has 2 heteroatoms. The van der Waals surface area contributed by atoms with Crippen LogP contribution in [0.15, 0.2) is 60.7 Å². The second kappa shape index (κ2) is 7.06. The lowest BCUT2D eigenvalue weighted by atomic mass is 9.81. The van der Waals surface area contributed by atoms with Crippen LogP contribution in [0.5, 0.6) is 0 Å². The van der Waals surface area contributed by atoms with Crippen molar-refractivity contribution in [2.24, 2.45) is 5.92 Å². The number of carbonyl (C=O) groups excluding carboxylic acids is 1. The van der Waals surface area contributed by atoms with Crippen molar-refractivity contribution in [3.05, 3.63) is 71.8 Å². The molecule has 2 unspecified atom stereocenters. The van der Waals surface area contributed by atoms with E-state index in [0.29, 0.717) is 12.0 Å². The molecule has 0 radical (unpaired) electrons. The zero-order chi connectivity index (χ0) is 16.0. The quantitative estimate of drug-likeness (QED) is 0.689.